The Kier molecular flexibility index (Phi) is 2.74. The summed E-state index contributed by atoms with van der Waals surface area (Å²) in [6.45, 7) is 4.12. The Balaban J connectivity index is 2.78. The van der Waals surface area contributed by atoms with Gasteiger partial charge in [0.1, 0.15) is 5.82 Å². The highest BCUT2D eigenvalue weighted by atomic mass is 16.1. The lowest BCUT2D eigenvalue weighted by atomic mass is 10.3. The summed E-state index contributed by atoms with van der Waals surface area (Å²) < 4.78 is 0. The number of nitrogens with zero attached hydrogens (tertiary/aromatic N) is 2. The zero-order valence-corrected chi connectivity index (χ0v) is 7.09. The lowest BCUT2D eigenvalue weighted by molar-refractivity contribution is 0.540. The predicted molar refractivity (Wildman–Crippen MR) is 44.0 cm³/mol. The summed E-state index contributed by atoms with van der Waals surface area (Å²) in [5.41, 5.74) is 1.82. The van der Waals surface area contributed by atoms with Crippen LogP contribution in [0.15, 0.2) is 6.07 Å². The van der Waals surface area contributed by atoms with Crippen LogP contribution in [0.2, 0.25) is 0 Å². The number of hydrogen-bond acceptors (Lipinski definition) is 3. The Morgan fingerprint density at radius 2 is 2.00 bits per heavy atom. The number of rotatable bonds is 3. The van der Waals surface area contributed by atoms with Crippen LogP contribution < -0.4 is 5.32 Å². The molecule has 1 radical (unpaired) electrons. The van der Waals surface area contributed by atoms with Crippen LogP contribution in [0.25, 0.3) is 0 Å². The molecule has 1 aromatic rings. The molecule has 63 valence electrons. The maximum Gasteiger partial charge on any atom is 0.309 e. The van der Waals surface area contributed by atoms with Crippen LogP contribution in [0.1, 0.15) is 17.2 Å². The largest absolute Gasteiger partial charge is 0.341 e. The highest BCUT2D eigenvalue weighted by Gasteiger charge is 1.97. The van der Waals surface area contributed by atoms with E-state index in [1.165, 1.54) is 0 Å². The quantitative estimate of drug-likeness (QED) is 0.651. The van der Waals surface area contributed by atoms with Gasteiger partial charge in [0.2, 0.25) is 0 Å². The van der Waals surface area contributed by atoms with E-state index in [9.17, 15) is 4.79 Å². The Morgan fingerprint density at radius 3 is 2.50 bits per heavy atom. The van der Waals surface area contributed by atoms with Crippen molar-refractivity contribution < 1.29 is 4.79 Å². The number of hydrogen-bond donors (Lipinski definition) is 1. The molecule has 4 heteroatoms. The zero-order chi connectivity index (χ0) is 8.97. The van der Waals surface area contributed by atoms with Crippen molar-refractivity contribution in [2.75, 3.05) is 0 Å². The van der Waals surface area contributed by atoms with E-state index in [0.717, 1.165) is 11.4 Å². The summed E-state index contributed by atoms with van der Waals surface area (Å²) in [5, 5.41) is 2.39. The lowest BCUT2D eigenvalue weighted by Crippen LogP contribution is -2.13. The van der Waals surface area contributed by atoms with Crippen molar-refractivity contribution in [1.82, 2.24) is 15.3 Å². The standard InChI is InChI=1S/C8H10N3O/c1-6-3-7(2)11-8(10-6)4-9-5-12/h3H,4H2,1-2H3,(H,9,12). The van der Waals surface area contributed by atoms with Gasteiger partial charge >= 0.3 is 6.41 Å². The number of amides is 1. The average molecular weight is 164 g/mol. The van der Waals surface area contributed by atoms with Crippen molar-refractivity contribution in [2.45, 2.75) is 20.4 Å². The van der Waals surface area contributed by atoms with Gasteiger partial charge in [0, 0.05) is 11.4 Å². The van der Waals surface area contributed by atoms with Gasteiger partial charge in [0.05, 0.1) is 6.54 Å². The van der Waals surface area contributed by atoms with E-state index >= 15 is 0 Å². The SMILES string of the molecule is Cc1cc(C)nc(CN[C]=O)n1. The number of nitrogens with one attached hydrogen (secondary N) is 1. The fraction of sp³-hybridized carbons (Fsp3) is 0.375. The maximum absolute atomic E-state index is 9.86. The van der Waals surface area contributed by atoms with Crippen LogP contribution in [0.4, 0.5) is 0 Å². The molecule has 1 heterocycles. The monoisotopic (exact) mass is 164 g/mol. The van der Waals surface area contributed by atoms with Gasteiger partial charge in [0.25, 0.3) is 0 Å². The number of aromatic nitrogens is 2. The second kappa shape index (κ2) is 3.80. The summed E-state index contributed by atoms with van der Waals surface area (Å²) in [6, 6.07) is 1.88. The van der Waals surface area contributed by atoms with E-state index in [1.54, 1.807) is 6.41 Å². The number of aryl methyl sites for hydroxylation is 2. The molecule has 0 spiro atoms. The molecule has 0 aliphatic carbocycles. The Bertz CT molecular complexity index is 265. The van der Waals surface area contributed by atoms with E-state index in [1.807, 2.05) is 19.9 Å². The topological polar surface area (TPSA) is 54.9 Å². The molecule has 1 rings (SSSR count). The van der Waals surface area contributed by atoms with Gasteiger partial charge in [-0.2, -0.15) is 0 Å². The van der Waals surface area contributed by atoms with Crippen LogP contribution in [-0.2, 0) is 11.3 Å². The molecule has 0 aromatic carbocycles. The van der Waals surface area contributed by atoms with Crippen molar-refractivity contribution in [3.8, 4) is 0 Å². The fourth-order valence-electron chi connectivity index (χ4n) is 0.993. The molecule has 4 nitrogen and oxygen atoms in total. The third kappa shape index (κ3) is 2.30. The molecule has 12 heavy (non-hydrogen) atoms. The third-order valence-corrected chi connectivity index (χ3v) is 1.35. The van der Waals surface area contributed by atoms with Gasteiger partial charge in [-0.3, -0.25) is 4.79 Å². The second-order valence-electron chi connectivity index (χ2n) is 2.52. The Hall–Kier alpha value is -1.45. The van der Waals surface area contributed by atoms with Crippen LogP contribution >= 0.6 is 0 Å². The Morgan fingerprint density at radius 1 is 1.42 bits per heavy atom. The molecule has 1 amide bonds. The Labute approximate surface area is 71.0 Å². The predicted octanol–water partition coefficient (Wildman–Crippen LogP) is 0.250. The average Bonchev–Trinajstić information content (AvgIpc) is 1.99. The summed E-state index contributed by atoms with van der Waals surface area (Å²) >= 11 is 0. The molecular formula is C8H10N3O. The van der Waals surface area contributed by atoms with Gasteiger partial charge < -0.3 is 5.32 Å². The van der Waals surface area contributed by atoms with Crippen molar-refractivity contribution in [3.05, 3.63) is 23.3 Å². The summed E-state index contributed by atoms with van der Waals surface area (Å²) in [6.07, 6.45) is 1.58. The van der Waals surface area contributed by atoms with E-state index in [0.29, 0.717) is 12.4 Å². The normalized spacial score (nSPS) is 9.50. The first-order valence-electron chi connectivity index (χ1n) is 3.63. The van der Waals surface area contributed by atoms with E-state index in [2.05, 4.69) is 15.3 Å². The molecule has 0 saturated carbocycles. The second-order valence-corrected chi connectivity index (χ2v) is 2.52. The first kappa shape index (κ1) is 8.64. The molecular weight excluding hydrogens is 154 g/mol. The van der Waals surface area contributed by atoms with E-state index < -0.39 is 0 Å². The van der Waals surface area contributed by atoms with Crippen molar-refractivity contribution in [3.63, 3.8) is 0 Å². The molecule has 0 aliphatic heterocycles. The summed E-state index contributed by atoms with van der Waals surface area (Å²) in [5.74, 6) is 0.621. The van der Waals surface area contributed by atoms with Gasteiger partial charge in [-0.05, 0) is 19.9 Å². The van der Waals surface area contributed by atoms with E-state index in [-0.39, 0.29) is 0 Å². The third-order valence-electron chi connectivity index (χ3n) is 1.35. The molecule has 0 atom stereocenters. The fourth-order valence-corrected chi connectivity index (χ4v) is 0.993. The molecule has 1 N–H and O–H groups in total. The van der Waals surface area contributed by atoms with E-state index in [4.69, 9.17) is 0 Å². The van der Waals surface area contributed by atoms with Crippen LogP contribution in [0.3, 0.4) is 0 Å². The molecule has 1 aromatic heterocycles. The van der Waals surface area contributed by atoms with Crippen LogP contribution in [-0.4, -0.2) is 16.4 Å². The zero-order valence-electron chi connectivity index (χ0n) is 7.09. The highest BCUT2D eigenvalue weighted by molar-refractivity contribution is 5.46. The summed E-state index contributed by atoms with van der Waals surface area (Å²) in [7, 11) is 0. The molecule has 0 unspecified atom stereocenters. The minimum atomic E-state index is 0.339. The van der Waals surface area contributed by atoms with Crippen molar-refractivity contribution >= 4 is 6.41 Å². The lowest BCUT2D eigenvalue weighted by Gasteiger charge is -2.00. The van der Waals surface area contributed by atoms with Gasteiger partial charge in [-0.15, -0.1) is 0 Å². The minimum absolute atomic E-state index is 0.339. The smallest absolute Gasteiger partial charge is 0.309 e. The summed E-state index contributed by atoms with van der Waals surface area (Å²) in [4.78, 5) is 18.1. The highest BCUT2D eigenvalue weighted by Crippen LogP contribution is 1.98. The van der Waals surface area contributed by atoms with Gasteiger partial charge in [-0.1, -0.05) is 0 Å². The van der Waals surface area contributed by atoms with Gasteiger partial charge in [0.15, 0.2) is 0 Å². The molecule has 0 fully saturated rings. The van der Waals surface area contributed by atoms with Crippen LogP contribution in [0.5, 0.6) is 0 Å². The first-order chi connectivity index (χ1) is 5.72. The molecule has 0 saturated heterocycles. The maximum atomic E-state index is 9.86. The molecule has 0 bridgehead atoms. The first-order valence-corrected chi connectivity index (χ1v) is 3.63. The van der Waals surface area contributed by atoms with Gasteiger partial charge in [-0.25, -0.2) is 9.97 Å². The van der Waals surface area contributed by atoms with Crippen molar-refractivity contribution in [2.24, 2.45) is 0 Å². The van der Waals surface area contributed by atoms with Crippen LogP contribution in [0, 0.1) is 13.8 Å². The van der Waals surface area contributed by atoms with Crippen molar-refractivity contribution in [1.29, 1.82) is 0 Å². The molecule has 0 aliphatic rings. The minimum Gasteiger partial charge on any atom is -0.341 e. The number of carbonyl (C=O) groups excluding carboxylic acids is 1.